The number of primary amides is 1. The summed E-state index contributed by atoms with van der Waals surface area (Å²) in [5, 5.41) is 0. The first-order chi connectivity index (χ1) is 14.0. The number of nitrogen functional groups attached to an aromatic ring is 1. The first-order valence-corrected chi connectivity index (χ1v) is 9.67. The van der Waals surface area contributed by atoms with Gasteiger partial charge in [-0.3, -0.25) is 14.2 Å². The molecule has 3 rings (SSSR count). The van der Waals surface area contributed by atoms with E-state index in [4.69, 9.17) is 11.5 Å². The van der Waals surface area contributed by atoms with Crippen LogP contribution in [0, 0.1) is 6.92 Å². The average molecular weight is 435 g/mol. The van der Waals surface area contributed by atoms with Gasteiger partial charge in [-0.1, -0.05) is 6.07 Å². The van der Waals surface area contributed by atoms with Crippen LogP contribution in [0.25, 0.3) is 5.69 Å². The molecule has 0 aliphatic heterocycles. The lowest BCUT2D eigenvalue weighted by molar-refractivity contribution is -0.137. The van der Waals surface area contributed by atoms with Crippen LogP contribution in [0.1, 0.15) is 21.6 Å². The Morgan fingerprint density at radius 3 is 2.27 bits per heavy atom. The van der Waals surface area contributed by atoms with E-state index in [-0.39, 0.29) is 16.3 Å². The number of hydrogen-bond donors (Lipinski definition) is 2. The fourth-order valence-corrected chi connectivity index (χ4v) is 4.12. The fourth-order valence-electron chi connectivity index (χ4n) is 2.90. The Morgan fingerprint density at radius 2 is 1.70 bits per heavy atom. The number of carbonyl (C=O) groups is 1. The van der Waals surface area contributed by atoms with Crippen molar-refractivity contribution in [3.05, 3.63) is 81.8 Å². The van der Waals surface area contributed by atoms with E-state index in [1.54, 1.807) is 0 Å². The van der Waals surface area contributed by atoms with Crippen molar-refractivity contribution in [2.45, 2.75) is 22.9 Å². The molecule has 2 aromatic carbocycles. The number of alkyl halides is 3. The van der Waals surface area contributed by atoms with Crippen molar-refractivity contribution in [2.75, 3.05) is 5.73 Å². The number of halogens is 3. The number of pyridine rings is 1. The van der Waals surface area contributed by atoms with Gasteiger partial charge in [-0.25, -0.2) is 4.21 Å². The van der Waals surface area contributed by atoms with Crippen LogP contribution in [-0.2, 0) is 17.0 Å². The van der Waals surface area contributed by atoms with E-state index in [9.17, 15) is 27.0 Å². The van der Waals surface area contributed by atoms with Crippen LogP contribution in [0.5, 0.6) is 0 Å². The summed E-state index contributed by atoms with van der Waals surface area (Å²) in [7, 11) is -1.85. The summed E-state index contributed by atoms with van der Waals surface area (Å²) >= 11 is 0. The minimum atomic E-state index is -4.63. The van der Waals surface area contributed by atoms with Crippen LogP contribution >= 0.6 is 0 Å². The molecule has 1 heterocycles. The number of nitrogens with two attached hydrogens (primary N) is 2. The molecular formula is C20H16F3N3O3S. The number of benzene rings is 2. The molecule has 10 heteroatoms. The number of amides is 1. The molecule has 0 spiro atoms. The number of hydrogen-bond acceptors (Lipinski definition) is 4. The smallest absolute Gasteiger partial charge is 0.399 e. The largest absolute Gasteiger partial charge is 0.416 e. The molecule has 0 fully saturated rings. The summed E-state index contributed by atoms with van der Waals surface area (Å²) in [6.45, 7) is 1.43. The van der Waals surface area contributed by atoms with Crippen LogP contribution in [0.3, 0.4) is 0 Å². The molecule has 156 valence electrons. The van der Waals surface area contributed by atoms with Gasteiger partial charge in [-0.15, -0.1) is 0 Å². The molecule has 1 unspecified atom stereocenters. The van der Waals surface area contributed by atoms with Crippen molar-refractivity contribution in [2.24, 2.45) is 5.73 Å². The Morgan fingerprint density at radius 1 is 1.07 bits per heavy atom. The zero-order chi connectivity index (χ0) is 22.2. The minimum Gasteiger partial charge on any atom is -0.399 e. The zero-order valence-electron chi connectivity index (χ0n) is 15.6. The number of nitrogens with zero attached hydrogens (tertiary/aromatic N) is 1. The van der Waals surface area contributed by atoms with Crippen LogP contribution < -0.4 is 17.0 Å². The van der Waals surface area contributed by atoms with Gasteiger partial charge in [0.2, 0.25) is 0 Å². The van der Waals surface area contributed by atoms with Gasteiger partial charge >= 0.3 is 6.18 Å². The summed E-state index contributed by atoms with van der Waals surface area (Å²) in [4.78, 5) is 25.0. The molecule has 4 N–H and O–H groups in total. The maximum Gasteiger partial charge on any atom is 0.416 e. The highest BCUT2D eigenvalue weighted by atomic mass is 32.2. The fraction of sp³-hybridized carbons (Fsp3) is 0.100. The summed E-state index contributed by atoms with van der Waals surface area (Å²) in [6.07, 6.45) is -4.63. The van der Waals surface area contributed by atoms with E-state index in [1.165, 1.54) is 37.3 Å². The highest BCUT2D eigenvalue weighted by Gasteiger charge is 2.31. The molecule has 0 aliphatic carbocycles. The molecular weight excluding hydrogens is 419 g/mol. The highest BCUT2D eigenvalue weighted by molar-refractivity contribution is 7.85. The molecule has 3 aromatic rings. The third-order valence-electron chi connectivity index (χ3n) is 4.39. The molecule has 6 nitrogen and oxygen atoms in total. The predicted molar refractivity (Wildman–Crippen MR) is 106 cm³/mol. The van der Waals surface area contributed by atoms with Gasteiger partial charge in [0.1, 0.15) is 5.56 Å². The second-order valence-electron chi connectivity index (χ2n) is 6.40. The van der Waals surface area contributed by atoms with Gasteiger partial charge in [0.15, 0.2) is 0 Å². The molecule has 0 aliphatic rings. The average Bonchev–Trinajstić information content (AvgIpc) is 2.67. The van der Waals surface area contributed by atoms with Crippen LogP contribution in [-0.4, -0.2) is 14.7 Å². The van der Waals surface area contributed by atoms with Gasteiger partial charge < -0.3 is 11.5 Å². The molecule has 0 saturated carbocycles. The lowest BCUT2D eigenvalue weighted by atomic mass is 10.1. The minimum absolute atomic E-state index is 0.0607. The third kappa shape index (κ3) is 3.99. The van der Waals surface area contributed by atoms with Crippen molar-refractivity contribution < 1.29 is 22.2 Å². The SMILES string of the molecule is Cc1c(S(=O)c2ccc(N)cc2)cc(C(N)=O)c(=O)n1-c1cccc(C(F)(F)F)c1. The molecule has 1 aromatic heterocycles. The van der Waals surface area contributed by atoms with Crippen LogP contribution in [0.4, 0.5) is 18.9 Å². The van der Waals surface area contributed by atoms with Crippen molar-refractivity contribution >= 4 is 22.4 Å². The van der Waals surface area contributed by atoms with Crippen molar-refractivity contribution in [1.82, 2.24) is 4.57 Å². The lowest BCUT2D eigenvalue weighted by Crippen LogP contribution is -2.31. The second-order valence-corrected chi connectivity index (χ2v) is 7.85. The van der Waals surface area contributed by atoms with Gasteiger partial charge in [0.05, 0.1) is 21.3 Å². The molecule has 0 radical (unpaired) electrons. The predicted octanol–water partition coefficient (Wildman–Crippen LogP) is 3.01. The maximum absolute atomic E-state index is 13.1. The Hall–Kier alpha value is -3.40. The Kier molecular flexibility index (Phi) is 5.53. The maximum atomic E-state index is 13.1. The van der Waals surface area contributed by atoms with E-state index in [0.717, 1.165) is 28.8 Å². The molecule has 1 amide bonds. The topological polar surface area (TPSA) is 108 Å². The van der Waals surface area contributed by atoms with Crippen LogP contribution in [0.2, 0.25) is 0 Å². The quantitative estimate of drug-likeness (QED) is 0.614. The Labute approximate surface area is 171 Å². The summed E-state index contributed by atoms with van der Waals surface area (Å²) in [5.74, 6) is -1.09. The lowest BCUT2D eigenvalue weighted by Gasteiger charge is -2.17. The standard InChI is InChI=1S/C20H16F3N3O3S/c1-11-17(30(29)15-7-5-13(24)6-8-15)10-16(18(25)27)19(28)26(11)14-4-2-3-12(9-14)20(21,22)23/h2-10H,24H2,1H3,(H2,25,27). The molecule has 1 atom stereocenters. The number of anilines is 1. The van der Waals surface area contributed by atoms with Crippen molar-refractivity contribution in [1.29, 1.82) is 0 Å². The number of rotatable bonds is 4. The molecule has 0 saturated heterocycles. The zero-order valence-corrected chi connectivity index (χ0v) is 16.4. The third-order valence-corrected chi connectivity index (χ3v) is 5.91. The van der Waals surface area contributed by atoms with E-state index < -0.39 is 39.6 Å². The molecule has 0 bridgehead atoms. The Bertz CT molecular complexity index is 1220. The van der Waals surface area contributed by atoms with Gasteiger partial charge in [0.25, 0.3) is 11.5 Å². The molecule has 30 heavy (non-hydrogen) atoms. The van der Waals surface area contributed by atoms with E-state index in [0.29, 0.717) is 10.6 Å². The van der Waals surface area contributed by atoms with E-state index in [1.807, 2.05) is 0 Å². The second kappa shape index (κ2) is 7.79. The summed E-state index contributed by atoms with van der Waals surface area (Å²) in [6, 6.07) is 11.2. The number of aromatic nitrogens is 1. The van der Waals surface area contributed by atoms with E-state index >= 15 is 0 Å². The monoisotopic (exact) mass is 435 g/mol. The van der Waals surface area contributed by atoms with Crippen LogP contribution in [0.15, 0.2) is 69.2 Å². The number of carbonyl (C=O) groups excluding carboxylic acids is 1. The van der Waals surface area contributed by atoms with Gasteiger partial charge in [0, 0.05) is 22.0 Å². The Balaban J connectivity index is 2.29. The van der Waals surface area contributed by atoms with Gasteiger partial charge in [-0.05, 0) is 55.5 Å². The van der Waals surface area contributed by atoms with E-state index in [2.05, 4.69) is 0 Å². The summed E-state index contributed by atoms with van der Waals surface area (Å²) in [5.41, 5.74) is 8.97. The normalized spacial score (nSPS) is 12.5. The first kappa shape index (κ1) is 21.3. The van der Waals surface area contributed by atoms with Crippen molar-refractivity contribution in [3.8, 4) is 5.69 Å². The first-order valence-electron chi connectivity index (χ1n) is 8.52. The van der Waals surface area contributed by atoms with Crippen molar-refractivity contribution in [3.63, 3.8) is 0 Å². The summed E-state index contributed by atoms with van der Waals surface area (Å²) < 4.78 is 53.4. The highest BCUT2D eigenvalue weighted by Crippen LogP contribution is 2.31. The van der Waals surface area contributed by atoms with Gasteiger partial charge in [-0.2, -0.15) is 13.2 Å².